The van der Waals surface area contributed by atoms with E-state index in [4.69, 9.17) is 4.74 Å². The number of ether oxygens (including phenoxy) is 1. The highest BCUT2D eigenvalue weighted by molar-refractivity contribution is 6.00. The lowest BCUT2D eigenvalue weighted by molar-refractivity contribution is -0.213. The Labute approximate surface area is 248 Å². The van der Waals surface area contributed by atoms with Gasteiger partial charge in [-0.25, -0.2) is 0 Å². The number of fused-ring (bicyclic) bond motifs is 6. The first-order valence-corrected chi connectivity index (χ1v) is 16.8. The molecule has 0 aromatic heterocycles. The molecule has 0 spiro atoms. The molecule has 5 fully saturated rings. The first kappa shape index (κ1) is 29.4. The number of nitrogens with one attached hydrogen (secondary N) is 1. The number of carbonyl (C=O) groups excluding carboxylic acids is 3. The SMILES string of the molecule is CC(=O)O[C@H]1CC[C@]2(C)[C@H]3CCC4=C5C(C(C)C)C(=O)C[C@]5(C(=O)NCC5CC5)CC[C@@]4(C)[C@]3(C)CC[C@H]2C1(C)C. The summed E-state index contributed by atoms with van der Waals surface area (Å²) in [6.07, 6.45) is 11.1. The van der Waals surface area contributed by atoms with Gasteiger partial charge in [0.15, 0.2) is 0 Å². The van der Waals surface area contributed by atoms with E-state index in [9.17, 15) is 14.4 Å². The number of carbonyl (C=O) groups is 3. The van der Waals surface area contributed by atoms with Crippen molar-refractivity contribution in [3.63, 3.8) is 0 Å². The van der Waals surface area contributed by atoms with Crippen molar-refractivity contribution < 1.29 is 19.1 Å². The summed E-state index contributed by atoms with van der Waals surface area (Å²) in [6, 6.07) is 0. The van der Waals surface area contributed by atoms with E-state index in [-0.39, 0.29) is 51.5 Å². The van der Waals surface area contributed by atoms with Gasteiger partial charge in [0.2, 0.25) is 5.91 Å². The Morgan fingerprint density at radius 1 is 0.927 bits per heavy atom. The topological polar surface area (TPSA) is 72.5 Å². The molecule has 0 aromatic rings. The van der Waals surface area contributed by atoms with Gasteiger partial charge in [-0.3, -0.25) is 14.4 Å². The van der Waals surface area contributed by atoms with Crippen molar-refractivity contribution in [1.82, 2.24) is 5.32 Å². The summed E-state index contributed by atoms with van der Waals surface area (Å²) in [5.41, 5.74) is 2.35. The van der Waals surface area contributed by atoms with Crippen LogP contribution < -0.4 is 5.32 Å². The Morgan fingerprint density at radius 3 is 2.27 bits per heavy atom. The molecule has 5 heteroatoms. The number of allylic oxidation sites excluding steroid dienone is 1. The molecule has 1 N–H and O–H groups in total. The van der Waals surface area contributed by atoms with Crippen LogP contribution in [0.1, 0.15) is 126 Å². The van der Waals surface area contributed by atoms with Crippen LogP contribution in [0.25, 0.3) is 0 Å². The first-order chi connectivity index (χ1) is 19.1. The highest BCUT2D eigenvalue weighted by Crippen LogP contribution is 2.76. The van der Waals surface area contributed by atoms with Crippen LogP contribution in [0.3, 0.4) is 0 Å². The molecule has 41 heavy (non-hydrogen) atoms. The van der Waals surface area contributed by atoms with E-state index >= 15 is 0 Å². The maximum absolute atomic E-state index is 14.1. The largest absolute Gasteiger partial charge is 0.462 e. The van der Waals surface area contributed by atoms with Crippen molar-refractivity contribution >= 4 is 17.7 Å². The Kier molecular flexibility index (Phi) is 6.76. The molecule has 1 amide bonds. The van der Waals surface area contributed by atoms with Gasteiger partial charge in [0, 0.05) is 31.2 Å². The van der Waals surface area contributed by atoms with E-state index in [1.807, 2.05) is 0 Å². The molecule has 8 atom stereocenters. The van der Waals surface area contributed by atoms with Crippen molar-refractivity contribution in [3.8, 4) is 0 Å². The van der Waals surface area contributed by atoms with E-state index in [1.165, 1.54) is 24.0 Å². The summed E-state index contributed by atoms with van der Waals surface area (Å²) in [6.45, 7) is 19.0. The predicted octanol–water partition coefficient (Wildman–Crippen LogP) is 7.43. The standard InChI is InChI=1S/C36H55NO4/c1-21(2)29-25(39)19-36(31(40)37-20-23-9-10-23)18-17-34(7)24(30(29)36)11-12-27-33(6)15-14-28(41-22(3)38)32(4,5)26(33)13-16-35(27,34)8/h21,23,26-29H,9-20H2,1-8H3,(H,37,40)/t26-,27+,28-,29?,33-,34+,35+,36+/m0/s1. The van der Waals surface area contributed by atoms with Crippen molar-refractivity contribution in [1.29, 1.82) is 0 Å². The van der Waals surface area contributed by atoms with E-state index < -0.39 is 5.41 Å². The van der Waals surface area contributed by atoms with Gasteiger partial charge in [-0.1, -0.05) is 54.0 Å². The molecule has 0 saturated heterocycles. The van der Waals surface area contributed by atoms with Gasteiger partial charge in [-0.15, -0.1) is 0 Å². The highest BCUT2D eigenvalue weighted by Gasteiger charge is 2.69. The minimum absolute atomic E-state index is 0.00582. The molecule has 6 aliphatic rings. The average Bonchev–Trinajstić information content (AvgIpc) is 3.65. The third-order valence-electron chi connectivity index (χ3n) is 14.3. The molecular formula is C36H55NO4. The molecule has 6 rings (SSSR count). The fraction of sp³-hybridized carbons (Fsp3) is 0.861. The van der Waals surface area contributed by atoms with E-state index in [0.29, 0.717) is 30.0 Å². The second-order valence-corrected chi connectivity index (χ2v) is 16.9. The minimum Gasteiger partial charge on any atom is -0.462 e. The Bertz CT molecular complexity index is 1180. The zero-order valence-corrected chi connectivity index (χ0v) is 27.1. The van der Waals surface area contributed by atoms with Crippen LogP contribution in [0.4, 0.5) is 0 Å². The lowest BCUT2D eigenvalue weighted by Gasteiger charge is -2.70. The number of rotatable bonds is 5. The third kappa shape index (κ3) is 4.01. The molecule has 0 aliphatic heterocycles. The maximum atomic E-state index is 14.1. The second kappa shape index (κ2) is 9.42. The number of ketones is 1. The van der Waals surface area contributed by atoms with Gasteiger partial charge >= 0.3 is 5.97 Å². The number of amides is 1. The molecule has 0 aromatic carbocycles. The van der Waals surface area contributed by atoms with Crippen LogP contribution in [0.15, 0.2) is 11.1 Å². The summed E-state index contributed by atoms with van der Waals surface area (Å²) in [7, 11) is 0. The highest BCUT2D eigenvalue weighted by atomic mass is 16.5. The fourth-order valence-electron chi connectivity index (χ4n) is 11.9. The van der Waals surface area contributed by atoms with E-state index in [2.05, 4.69) is 53.8 Å². The molecule has 0 bridgehead atoms. The predicted molar refractivity (Wildman–Crippen MR) is 161 cm³/mol. The monoisotopic (exact) mass is 565 g/mol. The van der Waals surface area contributed by atoms with Gasteiger partial charge < -0.3 is 10.1 Å². The lowest BCUT2D eigenvalue weighted by Crippen LogP contribution is -2.64. The van der Waals surface area contributed by atoms with Gasteiger partial charge in [0.05, 0.1) is 5.41 Å². The van der Waals surface area contributed by atoms with Crippen LogP contribution in [-0.4, -0.2) is 30.3 Å². The fourth-order valence-corrected chi connectivity index (χ4v) is 11.9. The quantitative estimate of drug-likeness (QED) is 0.278. The van der Waals surface area contributed by atoms with E-state index in [0.717, 1.165) is 57.9 Å². The van der Waals surface area contributed by atoms with Crippen molar-refractivity contribution in [2.75, 3.05) is 6.54 Å². The summed E-state index contributed by atoms with van der Waals surface area (Å²) in [5, 5.41) is 3.34. The third-order valence-corrected chi connectivity index (χ3v) is 14.3. The number of Topliss-reactive ketones (excluding diaryl/α,β-unsaturated/α-hetero) is 1. The molecular weight excluding hydrogens is 510 g/mol. The van der Waals surface area contributed by atoms with E-state index in [1.54, 1.807) is 6.92 Å². The summed E-state index contributed by atoms with van der Waals surface area (Å²) in [5.74, 6) is 2.07. The maximum Gasteiger partial charge on any atom is 0.302 e. The zero-order valence-electron chi connectivity index (χ0n) is 27.1. The molecule has 5 saturated carbocycles. The first-order valence-electron chi connectivity index (χ1n) is 16.8. The normalized spacial score (nSPS) is 45.0. The Balaban J connectivity index is 1.40. The summed E-state index contributed by atoms with van der Waals surface area (Å²) >= 11 is 0. The van der Waals surface area contributed by atoms with Gasteiger partial charge in [-0.05, 0) is 110 Å². The molecule has 0 radical (unpaired) electrons. The molecule has 0 heterocycles. The second-order valence-electron chi connectivity index (χ2n) is 16.9. The van der Waals surface area contributed by atoms with Gasteiger partial charge in [-0.2, -0.15) is 0 Å². The Hall–Kier alpha value is -1.65. The Morgan fingerprint density at radius 2 is 1.63 bits per heavy atom. The smallest absolute Gasteiger partial charge is 0.302 e. The number of hydrogen-bond donors (Lipinski definition) is 1. The molecule has 1 unspecified atom stereocenters. The molecule has 6 aliphatic carbocycles. The van der Waals surface area contributed by atoms with Gasteiger partial charge in [0.1, 0.15) is 11.9 Å². The molecule has 5 nitrogen and oxygen atoms in total. The van der Waals surface area contributed by atoms with Crippen LogP contribution >= 0.6 is 0 Å². The summed E-state index contributed by atoms with van der Waals surface area (Å²) < 4.78 is 5.91. The lowest BCUT2D eigenvalue weighted by atomic mass is 9.34. The van der Waals surface area contributed by atoms with Crippen molar-refractivity contribution in [2.45, 2.75) is 132 Å². The summed E-state index contributed by atoms with van der Waals surface area (Å²) in [4.78, 5) is 39.8. The number of hydrogen-bond acceptors (Lipinski definition) is 4. The van der Waals surface area contributed by atoms with Gasteiger partial charge in [0.25, 0.3) is 0 Å². The number of esters is 1. The molecule has 228 valence electrons. The van der Waals surface area contributed by atoms with Crippen LogP contribution in [0, 0.1) is 56.7 Å². The van der Waals surface area contributed by atoms with Crippen LogP contribution in [0.5, 0.6) is 0 Å². The van der Waals surface area contributed by atoms with Crippen LogP contribution in [0.2, 0.25) is 0 Å². The van der Waals surface area contributed by atoms with Crippen molar-refractivity contribution in [2.24, 2.45) is 56.7 Å². The average molecular weight is 566 g/mol. The van der Waals surface area contributed by atoms with Crippen molar-refractivity contribution in [3.05, 3.63) is 11.1 Å². The van der Waals surface area contributed by atoms with Crippen LogP contribution in [-0.2, 0) is 19.1 Å². The minimum atomic E-state index is -0.635. The zero-order chi connectivity index (χ0) is 29.8.